The average molecular weight is 325 g/mol. The van der Waals surface area contributed by atoms with Crippen molar-refractivity contribution in [1.29, 1.82) is 0 Å². The number of methoxy groups -OCH3 is 1. The average Bonchev–Trinajstić information content (AvgIpc) is 2.44. The standard InChI is InChI=1S/C14H26F3N3O2/c1-3-18-13(20-11-9-14(15,16)17)19-10-7-5-4-6-8-12(21)22-2/h3-11H2,1-2H3,(H2,18,19,20). The molecule has 0 saturated heterocycles. The van der Waals surface area contributed by atoms with Crippen molar-refractivity contribution in [3.63, 3.8) is 0 Å². The van der Waals surface area contributed by atoms with Crippen molar-refractivity contribution in [2.75, 3.05) is 26.7 Å². The van der Waals surface area contributed by atoms with Crippen LogP contribution in [0.5, 0.6) is 0 Å². The fraction of sp³-hybridized carbons (Fsp3) is 0.857. The van der Waals surface area contributed by atoms with E-state index < -0.39 is 12.6 Å². The molecule has 0 unspecified atom stereocenters. The summed E-state index contributed by atoms with van der Waals surface area (Å²) in [5, 5.41) is 5.56. The predicted molar refractivity (Wildman–Crippen MR) is 79.8 cm³/mol. The van der Waals surface area contributed by atoms with E-state index >= 15 is 0 Å². The number of rotatable bonds is 10. The third kappa shape index (κ3) is 13.5. The summed E-state index contributed by atoms with van der Waals surface area (Å²) >= 11 is 0. The minimum atomic E-state index is -4.16. The van der Waals surface area contributed by atoms with Gasteiger partial charge in [-0.25, -0.2) is 0 Å². The number of carbonyl (C=O) groups excluding carboxylic acids is 1. The summed E-state index contributed by atoms with van der Waals surface area (Å²) < 4.78 is 40.7. The molecule has 2 N–H and O–H groups in total. The quantitative estimate of drug-likeness (QED) is 0.280. The molecule has 0 aromatic heterocycles. The van der Waals surface area contributed by atoms with E-state index in [-0.39, 0.29) is 12.5 Å². The topological polar surface area (TPSA) is 62.7 Å². The van der Waals surface area contributed by atoms with Crippen LogP contribution in [-0.2, 0) is 9.53 Å². The third-order valence-electron chi connectivity index (χ3n) is 2.83. The molecule has 0 aliphatic heterocycles. The molecule has 0 aliphatic rings. The predicted octanol–water partition coefficient (Wildman–Crippen LogP) is 2.62. The number of hydrogen-bond donors (Lipinski definition) is 2. The van der Waals surface area contributed by atoms with Crippen molar-refractivity contribution in [2.24, 2.45) is 4.99 Å². The molecular weight excluding hydrogens is 299 g/mol. The van der Waals surface area contributed by atoms with E-state index in [9.17, 15) is 18.0 Å². The van der Waals surface area contributed by atoms with Crippen LogP contribution in [0.2, 0.25) is 0 Å². The van der Waals surface area contributed by atoms with E-state index in [1.165, 1.54) is 7.11 Å². The van der Waals surface area contributed by atoms with Gasteiger partial charge in [0, 0.05) is 26.1 Å². The van der Waals surface area contributed by atoms with Gasteiger partial charge in [0.25, 0.3) is 0 Å². The first-order valence-electron chi connectivity index (χ1n) is 7.54. The van der Waals surface area contributed by atoms with Crippen LogP contribution in [-0.4, -0.2) is 44.8 Å². The zero-order valence-electron chi connectivity index (χ0n) is 13.3. The smallest absolute Gasteiger partial charge is 0.390 e. The van der Waals surface area contributed by atoms with Gasteiger partial charge in [0.2, 0.25) is 0 Å². The van der Waals surface area contributed by atoms with E-state index in [0.717, 1.165) is 25.7 Å². The Morgan fingerprint density at radius 3 is 2.41 bits per heavy atom. The molecule has 0 aliphatic carbocycles. The second-order valence-corrected chi connectivity index (χ2v) is 4.79. The van der Waals surface area contributed by atoms with Gasteiger partial charge in [-0.05, 0) is 19.8 Å². The number of alkyl halides is 3. The van der Waals surface area contributed by atoms with Gasteiger partial charge in [-0.1, -0.05) is 12.8 Å². The van der Waals surface area contributed by atoms with Crippen LogP contribution in [0.3, 0.4) is 0 Å². The van der Waals surface area contributed by atoms with Gasteiger partial charge in [0.05, 0.1) is 13.5 Å². The number of hydrogen-bond acceptors (Lipinski definition) is 3. The third-order valence-corrected chi connectivity index (χ3v) is 2.83. The minimum absolute atomic E-state index is 0.186. The molecule has 0 atom stereocenters. The summed E-state index contributed by atoms with van der Waals surface area (Å²) in [5.41, 5.74) is 0. The molecule has 0 fully saturated rings. The lowest BCUT2D eigenvalue weighted by atomic mass is 10.1. The maximum atomic E-state index is 12.1. The molecule has 130 valence electrons. The number of guanidine groups is 1. The van der Waals surface area contributed by atoms with Gasteiger partial charge in [-0.2, -0.15) is 13.2 Å². The molecule has 0 saturated carbocycles. The molecule has 0 heterocycles. The van der Waals surface area contributed by atoms with E-state index in [4.69, 9.17) is 0 Å². The SMILES string of the molecule is CCNC(=NCCCCCCC(=O)OC)NCCC(F)(F)F. The number of carbonyl (C=O) groups is 1. The van der Waals surface area contributed by atoms with Crippen molar-refractivity contribution < 1.29 is 22.7 Å². The number of halogens is 3. The Bertz CT molecular complexity index is 334. The highest BCUT2D eigenvalue weighted by molar-refractivity contribution is 5.79. The molecule has 0 radical (unpaired) electrons. The first kappa shape index (κ1) is 20.5. The largest absolute Gasteiger partial charge is 0.469 e. The lowest BCUT2D eigenvalue weighted by Crippen LogP contribution is -2.39. The Balaban J connectivity index is 3.80. The normalized spacial score (nSPS) is 12.1. The Labute approximate surface area is 129 Å². The van der Waals surface area contributed by atoms with Gasteiger partial charge in [-0.15, -0.1) is 0 Å². The van der Waals surface area contributed by atoms with Crippen molar-refractivity contribution in [2.45, 2.75) is 51.6 Å². The number of unbranched alkanes of at least 4 members (excludes halogenated alkanes) is 3. The summed E-state index contributed by atoms with van der Waals surface area (Å²) in [6.07, 6.45) is -1.20. The van der Waals surface area contributed by atoms with E-state index in [0.29, 0.717) is 25.5 Å². The minimum Gasteiger partial charge on any atom is -0.469 e. The molecular formula is C14H26F3N3O2. The lowest BCUT2D eigenvalue weighted by molar-refractivity contribution is -0.140. The van der Waals surface area contributed by atoms with E-state index in [1.807, 2.05) is 6.92 Å². The molecule has 8 heteroatoms. The first-order chi connectivity index (χ1) is 10.4. The van der Waals surface area contributed by atoms with Crippen LogP contribution in [0.25, 0.3) is 0 Å². The zero-order valence-corrected chi connectivity index (χ0v) is 13.3. The number of ether oxygens (including phenoxy) is 1. The molecule has 5 nitrogen and oxygen atoms in total. The number of esters is 1. The van der Waals surface area contributed by atoms with Crippen molar-refractivity contribution in [3.05, 3.63) is 0 Å². The second kappa shape index (κ2) is 12.1. The van der Waals surface area contributed by atoms with Crippen LogP contribution in [0.1, 0.15) is 45.4 Å². The highest BCUT2D eigenvalue weighted by Gasteiger charge is 2.26. The molecule has 0 bridgehead atoms. The Morgan fingerprint density at radius 2 is 1.82 bits per heavy atom. The van der Waals surface area contributed by atoms with Crippen LogP contribution < -0.4 is 10.6 Å². The molecule has 0 aromatic rings. The fourth-order valence-corrected chi connectivity index (χ4v) is 1.69. The fourth-order valence-electron chi connectivity index (χ4n) is 1.69. The maximum Gasteiger partial charge on any atom is 0.390 e. The summed E-state index contributed by atoms with van der Waals surface area (Å²) in [5.74, 6) is 0.197. The van der Waals surface area contributed by atoms with Crippen molar-refractivity contribution in [3.8, 4) is 0 Å². The Morgan fingerprint density at radius 1 is 1.14 bits per heavy atom. The Hall–Kier alpha value is -1.47. The summed E-state index contributed by atoms with van der Waals surface area (Å²) in [4.78, 5) is 15.1. The highest BCUT2D eigenvalue weighted by Crippen LogP contribution is 2.18. The first-order valence-corrected chi connectivity index (χ1v) is 7.54. The summed E-state index contributed by atoms with van der Waals surface area (Å²) in [7, 11) is 1.37. The number of aliphatic imine (C=N–C) groups is 1. The molecule has 0 amide bonds. The van der Waals surface area contributed by atoms with Crippen LogP contribution in [0.15, 0.2) is 4.99 Å². The molecule has 0 spiro atoms. The lowest BCUT2D eigenvalue weighted by Gasteiger charge is -2.12. The summed E-state index contributed by atoms with van der Waals surface area (Å²) in [6.45, 7) is 2.80. The number of nitrogens with one attached hydrogen (secondary N) is 2. The van der Waals surface area contributed by atoms with E-state index in [1.54, 1.807) is 0 Å². The Kier molecular flexibility index (Phi) is 11.3. The zero-order chi connectivity index (χ0) is 16.8. The van der Waals surface area contributed by atoms with Crippen molar-refractivity contribution in [1.82, 2.24) is 10.6 Å². The van der Waals surface area contributed by atoms with Gasteiger partial charge in [0.1, 0.15) is 0 Å². The van der Waals surface area contributed by atoms with Crippen LogP contribution >= 0.6 is 0 Å². The van der Waals surface area contributed by atoms with Gasteiger partial charge >= 0.3 is 12.1 Å². The second-order valence-electron chi connectivity index (χ2n) is 4.79. The maximum absolute atomic E-state index is 12.1. The molecule has 0 aromatic carbocycles. The van der Waals surface area contributed by atoms with E-state index in [2.05, 4.69) is 20.4 Å². The van der Waals surface area contributed by atoms with Gasteiger partial charge in [0.15, 0.2) is 5.96 Å². The van der Waals surface area contributed by atoms with Crippen LogP contribution in [0.4, 0.5) is 13.2 Å². The monoisotopic (exact) mass is 325 g/mol. The van der Waals surface area contributed by atoms with Gasteiger partial charge in [-0.3, -0.25) is 9.79 Å². The van der Waals surface area contributed by atoms with Crippen LogP contribution in [0, 0.1) is 0 Å². The van der Waals surface area contributed by atoms with Crippen molar-refractivity contribution >= 4 is 11.9 Å². The summed E-state index contributed by atoms with van der Waals surface area (Å²) in [6, 6.07) is 0. The molecule has 22 heavy (non-hydrogen) atoms. The number of nitrogens with zero attached hydrogens (tertiary/aromatic N) is 1. The highest BCUT2D eigenvalue weighted by atomic mass is 19.4. The van der Waals surface area contributed by atoms with Gasteiger partial charge < -0.3 is 15.4 Å². The molecule has 0 rings (SSSR count).